The van der Waals surface area contributed by atoms with Crippen LogP contribution in [0, 0.1) is 0 Å². The number of benzene rings is 1. The van der Waals surface area contributed by atoms with Crippen LogP contribution in [-0.2, 0) is 14.3 Å². The molecule has 0 bridgehead atoms. The number of amides is 2. The van der Waals surface area contributed by atoms with E-state index < -0.39 is 23.2 Å². The highest BCUT2D eigenvalue weighted by atomic mass is 35.5. The Morgan fingerprint density at radius 3 is 2.72 bits per heavy atom. The maximum atomic E-state index is 12.5. The number of aromatic hydroxyl groups is 1. The molecule has 1 aromatic rings. The maximum absolute atomic E-state index is 12.5. The van der Waals surface area contributed by atoms with Crippen molar-refractivity contribution in [2.75, 3.05) is 13.7 Å². The number of ether oxygens (including phenoxy) is 2. The van der Waals surface area contributed by atoms with Crippen LogP contribution in [0.25, 0.3) is 6.08 Å². The SMILES string of the molecule is CCOC(=O)[C@H](C)N1C(=O)S/C(=C/c2cc(Cl)cc(OC)c2O)C1=O. The number of imide groups is 1. The van der Waals surface area contributed by atoms with Crippen molar-refractivity contribution >= 4 is 46.6 Å². The van der Waals surface area contributed by atoms with Crippen molar-refractivity contribution in [1.29, 1.82) is 0 Å². The van der Waals surface area contributed by atoms with Crippen molar-refractivity contribution in [2.24, 2.45) is 0 Å². The summed E-state index contributed by atoms with van der Waals surface area (Å²) in [6.07, 6.45) is 1.33. The van der Waals surface area contributed by atoms with Gasteiger partial charge in [0.2, 0.25) is 0 Å². The van der Waals surface area contributed by atoms with E-state index >= 15 is 0 Å². The number of phenolic OH excluding ortho intramolecular Hbond substituents is 1. The second-order valence-electron chi connectivity index (χ2n) is 5.03. The number of esters is 1. The fourth-order valence-corrected chi connectivity index (χ4v) is 3.30. The first-order valence-corrected chi connectivity index (χ1v) is 8.49. The van der Waals surface area contributed by atoms with Crippen LogP contribution in [0.15, 0.2) is 17.0 Å². The van der Waals surface area contributed by atoms with E-state index in [1.54, 1.807) is 6.92 Å². The number of nitrogens with zero attached hydrogens (tertiary/aromatic N) is 1. The lowest BCUT2D eigenvalue weighted by atomic mass is 10.1. The average molecular weight is 386 g/mol. The predicted octanol–water partition coefficient (Wildman–Crippen LogP) is 3.04. The summed E-state index contributed by atoms with van der Waals surface area (Å²) >= 11 is 6.62. The van der Waals surface area contributed by atoms with Crippen molar-refractivity contribution < 1.29 is 29.0 Å². The van der Waals surface area contributed by atoms with Gasteiger partial charge in [-0.15, -0.1) is 0 Å². The highest BCUT2D eigenvalue weighted by Gasteiger charge is 2.41. The van der Waals surface area contributed by atoms with E-state index in [0.717, 1.165) is 4.90 Å². The van der Waals surface area contributed by atoms with E-state index in [-0.39, 0.29) is 28.6 Å². The lowest BCUT2D eigenvalue weighted by Gasteiger charge is -2.19. The van der Waals surface area contributed by atoms with Gasteiger partial charge in [-0.05, 0) is 37.8 Å². The lowest BCUT2D eigenvalue weighted by Crippen LogP contribution is -2.42. The summed E-state index contributed by atoms with van der Waals surface area (Å²) in [6.45, 7) is 3.19. The van der Waals surface area contributed by atoms with E-state index in [0.29, 0.717) is 16.8 Å². The van der Waals surface area contributed by atoms with Crippen LogP contribution >= 0.6 is 23.4 Å². The van der Waals surface area contributed by atoms with E-state index in [2.05, 4.69) is 0 Å². The van der Waals surface area contributed by atoms with Crippen molar-refractivity contribution in [2.45, 2.75) is 19.9 Å². The van der Waals surface area contributed by atoms with Gasteiger partial charge < -0.3 is 14.6 Å². The molecule has 25 heavy (non-hydrogen) atoms. The molecule has 1 aliphatic heterocycles. The van der Waals surface area contributed by atoms with Crippen molar-refractivity contribution in [3.05, 3.63) is 27.6 Å². The Hall–Kier alpha value is -2.19. The molecule has 0 spiro atoms. The minimum absolute atomic E-state index is 0.0563. The number of hydrogen-bond acceptors (Lipinski definition) is 7. The van der Waals surface area contributed by atoms with Gasteiger partial charge >= 0.3 is 5.97 Å². The second kappa shape index (κ2) is 7.79. The molecule has 1 atom stereocenters. The average Bonchev–Trinajstić information content (AvgIpc) is 2.84. The maximum Gasteiger partial charge on any atom is 0.329 e. The normalized spacial score (nSPS) is 17.1. The molecule has 1 aromatic carbocycles. The summed E-state index contributed by atoms with van der Waals surface area (Å²) in [5.74, 6) is -1.39. The Bertz CT molecular complexity index is 763. The van der Waals surface area contributed by atoms with E-state index in [4.69, 9.17) is 21.1 Å². The number of halogens is 1. The van der Waals surface area contributed by atoms with E-state index in [1.807, 2.05) is 0 Å². The number of phenols is 1. The van der Waals surface area contributed by atoms with Gasteiger partial charge in [-0.25, -0.2) is 4.79 Å². The van der Waals surface area contributed by atoms with E-state index in [9.17, 15) is 19.5 Å². The molecule has 0 aromatic heterocycles. The number of methoxy groups -OCH3 is 1. The van der Waals surface area contributed by atoms with Crippen LogP contribution in [0.1, 0.15) is 19.4 Å². The molecule has 1 heterocycles. The molecule has 2 rings (SSSR count). The molecule has 0 aliphatic carbocycles. The van der Waals surface area contributed by atoms with Gasteiger partial charge in [0, 0.05) is 16.7 Å². The first-order valence-electron chi connectivity index (χ1n) is 7.30. The number of thioether (sulfide) groups is 1. The molecule has 0 saturated carbocycles. The number of carbonyl (C=O) groups is 3. The Kier molecular flexibility index (Phi) is 5.97. The van der Waals surface area contributed by atoms with Crippen molar-refractivity contribution in [1.82, 2.24) is 4.90 Å². The highest BCUT2D eigenvalue weighted by molar-refractivity contribution is 8.18. The summed E-state index contributed by atoms with van der Waals surface area (Å²) in [6, 6.07) is 1.81. The zero-order chi connectivity index (χ0) is 18.7. The third-order valence-corrected chi connectivity index (χ3v) is 4.52. The van der Waals surface area contributed by atoms with Crippen LogP contribution < -0.4 is 4.74 Å². The molecule has 2 amide bonds. The molecular weight excluding hydrogens is 370 g/mol. The van der Waals surface area contributed by atoms with Gasteiger partial charge in [0.05, 0.1) is 18.6 Å². The molecule has 0 unspecified atom stereocenters. The lowest BCUT2D eigenvalue weighted by molar-refractivity contribution is -0.150. The first-order chi connectivity index (χ1) is 11.8. The van der Waals surface area contributed by atoms with Crippen LogP contribution in [0.3, 0.4) is 0 Å². The topological polar surface area (TPSA) is 93.1 Å². The number of hydrogen-bond donors (Lipinski definition) is 1. The molecule has 1 aliphatic rings. The zero-order valence-electron chi connectivity index (χ0n) is 13.7. The van der Waals surface area contributed by atoms with Gasteiger partial charge in [-0.2, -0.15) is 0 Å². The summed E-state index contributed by atoms with van der Waals surface area (Å²) in [5.41, 5.74) is 0.221. The summed E-state index contributed by atoms with van der Waals surface area (Å²) in [5, 5.41) is 9.84. The molecule has 9 heteroatoms. The summed E-state index contributed by atoms with van der Waals surface area (Å²) in [7, 11) is 1.37. The predicted molar refractivity (Wildman–Crippen MR) is 93.6 cm³/mol. The summed E-state index contributed by atoms with van der Waals surface area (Å²) in [4.78, 5) is 37.3. The van der Waals surface area contributed by atoms with Gasteiger partial charge in [0.15, 0.2) is 11.5 Å². The molecule has 7 nitrogen and oxygen atoms in total. The standard InChI is InChI=1S/C16H16ClNO6S/c1-4-24-15(21)8(2)18-14(20)12(25-16(18)22)6-9-5-10(17)7-11(23-3)13(9)19/h5-8,19H,4H2,1-3H3/b12-6+/t8-/m0/s1. The first kappa shape index (κ1) is 19.1. The van der Waals surface area contributed by atoms with Crippen LogP contribution in [0.2, 0.25) is 5.02 Å². The third-order valence-electron chi connectivity index (χ3n) is 3.41. The molecular formula is C16H16ClNO6S. The minimum atomic E-state index is -1.04. The van der Waals surface area contributed by atoms with Crippen molar-refractivity contribution in [3.8, 4) is 11.5 Å². The number of rotatable bonds is 5. The molecule has 1 saturated heterocycles. The highest BCUT2D eigenvalue weighted by Crippen LogP contribution is 2.39. The Morgan fingerprint density at radius 2 is 2.12 bits per heavy atom. The zero-order valence-corrected chi connectivity index (χ0v) is 15.3. The number of carbonyl (C=O) groups excluding carboxylic acids is 3. The largest absolute Gasteiger partial charge is 0.504 e. The molecule has 0 radical (unpaired) electrons. The van der Waals surface area contributed by atoms with Crippen LogP contribution in [0.5, 0.6) is 11.5 Å². The molecule has 1 fully saturated rings. The smallest absolute Gasteiger partial charge is 0.329 e. The second-order valence-corrected chi connectivity index (χ2v) is 6.46. The quantitative estimate of drug-likeness (QED) is 0.615. The van der Waals surface area contributed by atoms with Crippen LogP contribution in [-0.4, -0.2) is 46.9 Å². The van der Waals surface area contributed by atoms with Gasteiger partial charge in [0.1, 0.15) is 6.04 Å². The molecule has 1 N–H and O–H groups in total. The van der Waals surface area contributed by atoms with Gasteiger partial charge in [0.25, 0.3) is 11.1 Å². The third kappa shape index (κ3) is 3.91. The summed E-state index contributed by atoms with van der Waals surface area (Å²) < 4.78 is 9.85. The van der Waals surface area contributed by atoms with E-state index in [1.165, 1.54) is 32.2 Å². The van der Waals surface area contributed by atoms with Crippen molar-refractivity contribution in [3.63, 3.8) is 0 Å². The van der Waals surface area contributed by atoms with Crippen LogP contribution in [0.4, 0.5) is 4.79 Å². The fourth-order valence-electron chi connectivity index (χ4n) is 2.18. The Labute approximate surface area is 153 Å². The molecule has 134 valence electrons. The Balaban J connectivity index is 2.35. The van der Waals surface area contributed by atoms with Gasteiger partial charge in [-0.1, -0.05) is 11.6 Å². The fraction of sp³-hybridized carbons (Fsp3) is 0.312. The minimum Gasteiger partial charge on any atom is -0.504 e. The van der Waals surface area contributed by atoms with Gasteiger partial charge in [-0.3, -0.25) is 14.5 Å². The monoisotopic (exact) mass is 385 g/mol. The Morgan fingerprint density at radius 1 is 1.44 bits per heavy atom.